The van der Waals surface area contributed by atoms with E-state index in [0.29, 0.717) is 0 Å². The topological polar surface area (TPSA) is 69.2 Å². The molecular weight excluding hydrogens is 318 g/mol. The van der Waals surface area contributed by atoms with Crippen molar-refractivity contribution in [1.82, 2.24) is 24.8 Å². The van der Waals surface area contributed by atoms with Crippen molar-refractivity contribution in [3.05, 3.63) is 47.1 Å². The lowest BCUT2D eigenvalue weighted by molar-refractivity contribution is 0.208. The number of hydrogen-bond donors (Lipinski definition) is 0. The smallest absolute Gasteiger partial charge is 0.164 e. The van der Waals surface area contributed by atoms with Gasteiger partial charge in [0, 0.05) is 30.8 Å². The SMILES string of the molecule is COc1ccc(-c2nnc3n2CCN(Cc2c(C)noc2C)C3)cc1. The van der Waals surface area contributed by atoms with Gasteiger partial charge in [0.1, 0.15) is 17.3 Å². The Morgan fingerprint density at radius 1 is 1.12 bits per heavy atom. The van der Waals surface area contributed by atoms with Crippen LogP contribution in [0.3, 0.4) is 0 Å². The Balaban J connectivity index is 1.54. The van der Waals surface area contributed by atoms with Crippen molar-refractivity contribution in [3.63, 3.8) is 0 Å². The summed E-state index contributed by atoms with van der Waals surface area (Å²) in [6.07, 6.45) is 0. The van der Waals surface area contributed by atoms with Crippen LogP contribution in [0.25, 0.3) is 11.4 Å². The standard InChI is InChI=1S/C18H21N5O2/c1-12-16(13(2)25-21-12)10-22-8-9-23-17(11-22)19-20-18(23)14-4-6-15(24-3)7-5-14/h4-7H,8-11H2,1-3H3. The van der Waals surface area contributed by atoms with Gasteiger partial charge in [-0.15, -0.1) is 10.2 Å². The molecule has 0 atom stereocenters. The Bertz CT molecular complexity index is 862. The second-order valence-electron chi connectivity index (χ2n) is 6.33. The van der Waals surface area contributed by atoms with E-state index in [1.165, 1.54) is 5.56 Å². The largest absolute Gasteiger partial charge is 0.497 e. The molecule has 0 saturated carbocycles. The number of rotatable bonds is 4. The first kappa shape index (κ1) is 15.8. The van der Waals surface area contributed by atoms with Gasteiger partial charge in [-0.3, -0.25) is 4.90 Å². The van der Waals surface area contributed by atoms with Crippen LogP contribution >= 0.6 is 0 Å². The van der Waals surface area contributed by atoms with E-state index < -0.39 is 0 Å². The molecule has 0 unspecified atom stereocenters. The number of aryl methyl sites for hydroxylation is 2. The first-order valence-electron chi connectivity index (χ1n) is 8.36. The van der Waals surface area contributed by atoms with Crippen molar-refractivity contribution < 1.29 is 9.26 Å². The molecule has 25 heavy (non-hydrogen) atoms. The fraction of sp³-hybridized carbons (Fsp3) is 0.389. The van der Waals surface area contributed by atoms with Gasteiger partial charge in [-0.1, -0.05) is 5.16 Å². The van der Waals surface area contributed by atoms with Crippen molar-refractivity contribution in [1.29, 1.82) is 0 Å². The van der Waals surface area contributed by atoms with E-state index in [2.05, 4.69) is 24.8 Å². The molecular formula is C18H21N5O2. The molecule has 1 aliphatic heterocycles. The highest BCUT2D eigenvalue weighted by Gasteiger charge is 2.23. The zero-order valence-corrected chi connectivity index (χ0v) is 14.7. The molecule has 3 aromatic rings. The van der Waals surface area contributed by atoms with Crippen LogP contribution in [0.4, 0.5) is 0 Å². The van der Waals surface area contributed by atoms with Crippen LogP contribution in [0.15, 0.2) is 28.8 Å². The van der Waals surface area contributed by atoms with Gasteiger partial charge < -0.3 is 13.8 Å². The van der Waals surface area contributed by atoms with E-state index in [1.54, 1.807) is 7.11 Å². The van der Waals surface area contributed by atoms with Gasteiger partial charge in [0.15, 0.2) is 5.82 Å². The Labute approximate surface area is 146 Å². The van der Waals surface area contributed by atoms with Crippen LogP contribution in [-0.4, -0.2) is 38.5 Å². The first-order chi connectivity index (χ1) is 12.2. The molecule has 0 radical (unpaired) electrons. The number of nitrogens with zero attached hydrogens (tertiary/aromatic N) is 5. The van der Waals surface area contributed by atoms with Gasteiger partial charge in [-0.25, -0.2) is 0 Å². The number of hydrogen-bond acceptors (Lipinski definition) is 6. The van der Waals surface area contributed by atoms with E-state index in [4.69, 9.17) is 9.26 Å². The second kappa shape index (κ2) is 6.33. The van der Waals surface area contributed by atoms with Crippen molar-refractivity contribution in [2.75, 3.05) is 13.7 Å². The molecule has 130 valence electrons. The maximum atomic E-state index is 5.27. The lowest BCUT2D eigenvalue weighted by Crippen LogP contribution is -2.33. The summed E-state index contributed by atoms with van der Waals surface area (Å²) in [5, 5.41) is 12.8. The van der Waals surface area contributed by atoms with Crippen LogP contribution < -0.4 is 4.74 Å². The lowest BCUT2D eigenvalue weighted by atomic mass is 10.1. The molecule has 4 rings (SSSR count). The average Bonchev–Trinajstić information content (AvgIpc) is 3.20. The maximum absolute atomic E-state index is 5.27. The van der Waals surface area contributed by atoms with E-state index in [0.717, 1.165) is 60.6 Å². The van der Waals surface area contributed by atoms with Gasteiger partial charge >= 0.3 is 0 Å². The van der Waals surface area contributed by atoms with Crippen molar-refractivity contribution in [2.45, 2.75) is 33.5 Å². The van der Waals surface area contributed by atoms with Crippen LogP contribution in [0.5, 0.6) is 5.75 Å². The molecule has 0 fully saturated rings. The van der Waals surface area contributed by atoms with Crippen LogP contribution in [0.2, 0.25) is 0 Å². The molecule has 7 nitrogen and oxygen atoms in total. The lowest BCUT2D eigenvalue weighted by Gasteiger charge is -2.27. The first-order valence-corrected chi connectivity index (χ1v) is 8.36. The molecule has 0 aliphatic carbocycles. The maximum Gasteiger partial charge on any atom is 0.164 e. The van der Waals surface area contributed by atoms with E-state index in [-0.39, 0.29) is 0 Å². The third-order valence-corrected chi connectivity index (χ3v) is 4.74. The summed E-state index contributed by atoms with van der Waals surface area (Å²) >= 11 is 0. The predicted octanol–water partition coefficient (Wildman–Crippen LogP) is 2.57. The molecule has 0 amide bonds. The summed E-state index contributed by atoms with van der Waals surface area (Å²) in [4.78, 5) is 2.36. The van der Waals surface area contributed by atoms with Crippen molar-refractivity contribution in [2.24, 2.45) is 0 Å². The summed E-state index contributed by atoms with van der Waals surface area (Å²) in [6, 6.07) is 7.94. The molecule has 1 aromatic carbocycles. The average molecular weight is 339 g/mol. The summed E-state index contributed by atoms with van der Waals surface area (Å²) in [5.74, 6) is 3.63. The minimum atomic E-state index is 0.771. The van der Waals surface area contributed by atoms with Crippen LogP contribution in [0, 0.1) is 13.8 Å². The minimum absolute atomic E-state index is 0.771. The minimum Gasteiger partial charge on any atom is -0.497 e. The fourth-order valence-electron chi connectivity index (χ4n) is 3.25. The number of ether oxygens (including phenoxy) is 1. The Hall–Kier alpha value is -2.67. The normalized spacial score (nSPS) is 14.5. The highest BCUT2D eigenvalue weighted by molar-refractivity contribution is 5.56. The molecule has 3 heterocycles. The predicted molar refractivity (Wildman–Crippen MR) is 92.1 cm³/mol. The Kier molecular flexibility index (Phi) is 4.01. The van der Waals surface area contributed by atoms with Crippen molar-refractivity contribution in [3.8, 4) is 17.1 Å². The number of methoxy groups -OCH3 is 1. The fourth-order valence-corrected chi connectivity index (χ4v) is 3.25. The number of aromatic nitrogens is 4. The molecule has 2 aromatic heterocycles. The summed E-state index contributed by atoms with van der Waals surface area (Å²) in [6.45, 7) is 7.36. The highest BCUT2D eigenvalue weighted by atomic mass is 16.5. The number of fused-ring (bicyclic) bond motifs is 1. The highest BCUT2D eigenvalue weighted by Crippen LogP contribution is 2.25. The van der Waals surface area contributed by atoms with Gasteiger partial charge in [-0.05, 0) is 38.1 Å². The zero-order valence-electron chi connectivity index (χ0n) is 14.7. The van der Waals surface area contributed by atoms with E-state index in [1.807, 2.05) is 38.1 Å². The monoisotopic (exact) mass is 339 g/mol. The third kappa shape index (κ3) is 2.91. The molecule has 0 saturated heterocycles. The Morgan fingerprint density at radius 2 is 1.92 bits per heavy atom. The van der Waals surface area contributed by atoms with Gasteiger partial charge in [-0.2, -0.15) is 0 Å². The van der Waals surface area contributed by atoms with E-state index >= 15 is 0 Å². The molecule has 7 heteroatoms. The third-order valence-electron chi connectivity index (χ3n) is 4.74. The molecule has 0 bridgehead atoms. The second-order valence-corrected chi connectivity index (χ2v) is 6.33. The van der Waals surface area contributed by atoms with E-state index in [9.17, 15) is 0 Å². The molecule has 0 N–H and O–H groups in total. The van der Waals surface area contributed by atoms with Crippen molar-refractivity contribution >= 4 is 0 Å². The van der Waals surface area contributed by atoms with Gasteiger partial charge in [0.25, 0.3) is 0 Å². The summed E-state index contributed by atoms with van der Waals surface area (Å²) < 4.78 is 12.7. The molecule has 0 spiro atoms. The van der Waals surface area contributed by atoms with Gasteiger partial charge in [0.2, 0.25) is 0 Å². The quantitative estimate of drug-likeness (QED) is 0.728. The van der Waals surface area contributed by atoms with Crippen LogP contribution in [-0.2, 0) is 19.6 Å². The van der Waals surface area contributed by atoms with Crippen LogP contribution in [0.1, 0.15) is 22.8 Å². The Morgan fingerprint density at radius 3 is 2.60 bits per heavy atom. The zero-order chi connectivity index (χ0) is 17.4. The summed E-state index contributed by atoms with van der Waals surface area (Å²) in [7, 11) is 1.67. The van der Waals surface area contributed by atoms with Gasteiger partial charge in [0.05, 0.1) is 19.3 Å². The number of benzene rings is 1. The molecule has 1 aliphatic rings. The summed E-state index contributed by atoms with van der Waals surface area (Å²) in [5.41, 5.74) is 3.19.